The standard InChI is InChI=1S/C6H9NOS/c1-5-4-9-3-2-7-6(5)8/h4H,2-3H2,1H3,(H,7,8). The van der Waals surface area contributed by atoms with E-state index < -0.39 is 0 Å². The van der Waals surface area contributed by atoms with E-state index in [9.17, 15) is 4.79 Å². The molecule has 50 valence electrons. The van der Waals surface area contributed by atoms with Crippen LogP contribution in [0.25, 0.3) is 0 Å². The van der Waals surface area contributed by atoms with E-state index in [2.05, 4.69) is 5.32 Å². The third kappa shape index (κ3) is 1.75. The van der Waals surface area contributed by atoms with Crippen LogP contribution < -0.4 is 5.32 Å². The summed E-state index contributed by atoms with van der Waals surface area (Å²) in [5.74, 6) is 1.06. The van der Waals surface area contributed by atoms with E-state index in [1.807, 2.05) is 12.3 Å². The highest BCUT2D eigenvalue weighted by Gasteiger charge is 2.05. The van der Waals surface area contributed by atoms with Gasteiger partial charge < -0.3 is 5.32 Å². The van der Waals surface area contributed by atoms with Crippen molar-refractivity contribution in [3.8, 4) is 0 Å². The second-order valence-corrected chi connectivity index (χ2v) is 2.90. The maximum Gasteiger partial charge on any atom is 0.247 e. The quantitative estimate of drug-likeness (QED) is 0.542. The molecular weight excluding hydrogens is 134 g/mol. The van der Waals surface area contributed by atoms with Crippen LogP contribution in [0.3, 0.4) is 0 Å². The van der Waals surface area contributed by atoms with E-state index in [1.54, 1.807) is 11.8 Å². The lowest BCUT2D eigenvalue weighted by Crippen LogP contribution is -2.24. The predicted molar refractivity (Wildman–Crippen MR) is 39.2 cm³/mol. The third-order valence-electron chi connectivity index (χ3n) is 1.12. The fourth-order valence-corrected chi connectivity index (χ4v) is 1.30. The molecule has 9 heavy (non-hydrogen) atoms. The molecule has 1 rings (SSSR count). The monoisotopic (exact) mass is 143 g/mol. The average molecular weight is 143 g/mol. The molecule has 1 aliphatic heterocycles. The van der Waals surface area contributed by atoms with Crippen LogP contribution in [-0.2, 0) is 4.79 Å². The summed E-state index contributed by atoms with van der Waals surface area (Å²) in [7, 11) is 0. The highest BCUT2D eigenvalue weighted by atomic mass is 32.2. The van der Waals surface area contributed by atoms with Crippen LogP contribution >= 0.6 is 11.8 Å². The molecule has 1 N–H and O–H groups in total. The smallest absolute Gasteiger partial charge is 0.247 e. The molecule has 0 atom stereocenters. The topological polar surface area (TPSA) is 29.1 Å². The van der Waals surface area contributed by atoms with Gasteiger partial charge in [-0.15, -0.1) is 11.8 Å². The van der Waals surface area contributed by atoms with Crippen LogP contribution in [0, 0.1) is 0 Å². The van der Waals surface area contributed by atoms with Crippen molar-refractivity contribution in [2.24, 2.45) is 0 Å². The molecule has 0 aromatic heterocycles. The van der Waals surface area contributed by atoms with Crippen LogP contribution in [0.1, 0.15) is 6.92 Å². The molecule has 0 saturated carbocycles. The SMILES string of the molecule is CC1=CSCCNC1=O. The third-order valence-corrected chi connectivity index (χ3v) is 2.08. The Labute approximate surface area is 58.7 Å². The Morgan fingerprint density at radius 2 is 2.56 bits per heavy atom. The Kier molecular flexibility index (Phi) is 2.16. The minimum absolute atomic E-state index is 0.0694. The lowest BCUT2D eigenvalue weighted by atomic mass is 10.3. The van der Waals surface area contributed by atoms with Crippen molar-refractivity contribution in [3.63, 3.8) is 0 Å². The first-order valence-electron chi connectivity index (χ1n) is 2.87. The first kappa shape index (κ1) is 6.68. The highest BCUT2D eigenvalue weighted by molar-refractivity contribution is 8.02. The van der Waals surface area contributed by atoms with Gasteiger partial charge in [0.2, 0.25) is 5.91 Å². The van der Waals surface area contributed by atoms with Gasteiger partial charge in [-0.3, -0.25) is 4.79 Å². The number of thioether (sulfide) groups is 1. The zero-order valence-electron chi connectivity index (χ0n) is 5.31. The Morgan fingerprint density at radius 3 is 3.33 bits per heavy atom. The van der Waals surface area contributed by atoms with Gasteiger partial charge in [0, 0.05) is 17.9 Å². The lowest BCUT2D eigenvalue weighted by Gasteiger charge is -1.96. The van der Waals surface area contributed by atoms with Gasteiger partial charge in [-0.25, -0.2) is 0 Å². The summed E-state index contributed by atoms with van der Waals surface area (Å²) in [6.07, 6.45) is 0. The lowest BCUT2D eigenvalue weighted by molar-refractivity contribution is -0.117. The van der Waals surface area contributed by atoms with Crippen molar-refractivity contribution >= 4 is 17.7 Å². The highest BCUT2D eigenvalue weighted by Crippen LogP contribution is 2.08. The molecular formula is C6H9NOS. The molecule has 0 aromatic carbocycles. The van der Waals surface area contributed by atoms with Crippen molar-refractivity contribution in [2.75, 3.05) is 12.3 Å². The van der Waals surface area contributed by atoms with Gasteiger partial charge in [0.05, 0.1) is 0 Å². The van der Waals surface area contributed by atoms with Gasteiger partial charge in [0.1, 0.15) is 0 Å². The van der Waals surface area contributed by atoms with Crippen molar-refractivity contribution in [3.05, 3.63) is 11.0 Å². The molecule has 0 saturated heterocycles. The van der Waals surface area contributed by atoms with Crippen LogP contribution in [0.2, 0.25) is 0 Å². The molecule has 1 aliphatic rings. The predicted octanol–water partition coefficient (Wildman–Crippen LogP) is 0.753. The average Bonchev–Trinajstić information content (AvgIpc) is 1.99. The molecule has 0 fully saturated rings. The summed E-state index contributed by atoms with van der Waals surface area (Å²) in [5, 5.41) is 4.67. The number of hydrogen-bond acceptors (Lipinski definition) is 2. The molecule has 0 radical (unpaired) electrons. The van der Waals surface area contributed by atoms with Gasteiger partial charge in [-0.1, -0.05) is 0 Å². The largest absolute Gasteiger partial charge is 0.351 e. The van der Waals surface area contributed by atoms with Gasteiger partial charge in [0.25, 0.3) is 0 Å². The molecule has 3 heteroatoms. The van der Waals surface area contributed by atoms with E-state index in [0.717, 1.165) is 17.9 Å². The fraction of sp³-hybridized carbons (Fsp3) is 0.500. The molecule has 2 nitrogen and oxygen atoms in total. The minimum Gasteiger partial charge on any atom is -0.351 e. The first-order valence-corrected chi connectivity index (χ1v) is 3.92. The summed E-state index contributed by atoms with van der Waals surface area (Å²) in [5.41, 5.74) is 0.817. The van der Waals surface area contributed by atoms with E-state index in [0.29, 0.717) is 0 Å². The summed E-state index contributed by atoms with van der Waals surface area (Å²) >= 11 is 1.68. The molecule has 0 spiro atoms. The molecule has 1 amide bonds. The van der Waals surface area contributed by atoms with E-state index >= 15 is 0 Å². The summed E-state index contributed by atoms with van der Waals surface area (Å²) < 4.78 is 0. The number of nitrogens with one attached hydrogen (secondary N) is 1. The Hall–Kier alpha value is -0.440. The fourth-order valence-electron chi connectivity index (χ4n) is 0.600. The maximum absolute atomic E-state index is 10.8. The van der Waals surface area contributed by atoms with Gasteiger partial charge in [-0.05, 0) is 12.3 Å². The van der Waals surface area contributed by atoms with Crippen molar-refractivity contribution in [1.82, 2.24) is 5.32 Å². The molecule has 0 aromatic rings. The summed E-state index contributed by atoms with van der Waals surface area (Å²) in [6.45, 7) is 2.62. The number of carbonyl (C=O) groups excluding carboxylic acids is 1. The van der Waals surface area contributed by atoms with Crippen LogP contribution in [0.5, 0.6) is 0 Å². The Balaban J connectivity index is 2.61. The Bertz CT molecular complexity index is 153. The number of rotatable bonds is 0. The zero-order chi connectivity index (χ0) is 6.69. The van der Waals surface area contributed by atoms with E-state index in [-0.39, 0.29) is 5.91 Å². The van der Waals surface area contributed by atoms with E-state index in [4.69, 9.17) is 0 Å². The minimum atomic E-state index is 0.0694. The van der Waals surface area contributed by atoms with Gasteiger partial charge in [0.15, 0.2) is 0 Å². The molecule has 1 heterocycles. The van der Waals surface area contributed by atoms with Gasteiger partial charge in [-0.2, -0.15) is 0 Å². The van der Waals surface area contributed by atoms with Crippen molar-refractivity contribution in [1.29, 1.82) is 0 Å². The first-order chi connectivity index (χ1) is 4.30. The summed E-state index contributed by atoms with van der Waals surface area (Å²) in [4.78, 5) is 10.8. The van der Waals surface area contributed by atoms with E-state index in [1.165, 1.54) is 0 Å². The number of amides is 1. The molecule has 0 bridgehead atoms. The number of carbonyl (C=O) groups is 1. The molecule has 0 unspecified atom stereocenters. The molecule has 0 aliphatic carbocycles. The summed E-state index contributed by atoms with van der Waals surface area (Å²) in [6, 6.07) is 0. The second-order valence-electron chi connectivity index (χ2n) is 1.93. The van der Waals surface area contributed by atoms with Gasteiger partial charge >= 0.3 is 0 Å². The second kappa shape index (κ2) is 2.92. The van der Waals surface area contributed by atoms with Crippen molar-refractivity contribution in [2.45, 2.75) is 6.92 Å². The zero-order valence-corrected chi connectivity index (χ0v) is 6.12. The normalized spacial score (nSPS) is 20.1. The maximum atomic E-state index is 10.8. The van der Waals surface area contributed by atoms with Crippen molar-refractivity contribution < 1.29 is 4.79 Å². The van der Waals surface area contributed by atoms with Crippen LogP contribution in [0.15, 0.2) is 11.0 Å². The Morgan fingerprint density at radius 1 is 1.78 bits per heavy atom. The van der Waals surface area contributed by atoms with Crippen LogP contribution in [-0.4, -0.2) is 18.2 Å². The number of hydrogen-bond donors (Lipinski definition) is 1. The van der Waals surface area contributed by atoms with Crippen LogP contribution in [0.4, 0.5) is 0 Å².